The number of sulfonamides is 1. The normalized spacial score (nSPS) is 25.7. The van der Waals surface area contributed by atoms with Crippen molar-refractivity contribution < 1.29 is 56.2 Å². The molecule has 0 aromatic heterocycles. The third kappa shape index (κ3) is 12.5. The SMILES string of the molecule is CS(=O)(=O)N1CCC(C(=O)NCC(=O)NC2NC(c3cccc(C4CCNC(N5CCN(C(=O)CCOCCOCCOc6cccc7c6C(=O)N(C6CCC(=O)NC6=O)C7=O)CC5)C4)c3)CS2)C1. The summed E-state index contributed by atoms with van der Waals surface area (Å²) < 4.78 is 42.0. The van der Waals surface area contributed by atoms with E-state index < -0.39 is 45.6 Å². The van der Waals surface area contributed by atoms with Crippen molar-refractivity contribution in [1.82, 2.24) is 45.6 Å². The van der Waals surface area contributed by atoms with Crippen LogP contribution in [0.2, 0.25) is 0 Å². The van der Waals surface area contributed by atoms with Crippen LogP contribution in [-0.2, 0) is 43.5 Å². The second kappa shape index (κ2) is 22.8. The van der Waals surface area contributed by atoms with Crippen molar-refractivity contribution in [2.45, 2.75) is 68.2 Å². The molecule has 6 atom stereocenters. The van der Waals surface area contributed by atoms with Gasteiger partial charge in [-0.1, -0.05) is 30.3 Å². The molecule has 6 aliphatic heterocycles. The number of hydrogen-bond acceptors (Lipinski definition) is 16. The maximum atomic E-state index is 13.3. The van der Waals surface area contributed by atoms with Crippen LogP contribution >= 0.6 is 11.8 Å². The minimum Gasteiger partial charge on any atom is -0.490 e. The topological polar surface area (TPSA) is 254 Å². The van der Waals surface area contributed by atoms with Gasteiger partial charge in [-0.3, -0.25) is 54.0 Å². The van der Waals surface area contributed by atoms with Crippen LogP contribution < -0.4 is 31.3 Å². The van der Waals surface area contributed by atoms with Crippen LogP contribution in [-0.4, -0.2) is 184 Å². The van der Waals surface area contributed by atoms with Crippen LogP contribution in [0.15, 0.2) is 42.5 Å². The number of nitrogens with one attached hydrogen (secondary N) is 5. The Bertz CT molecular complexity index is 2380. The number of nitrogens with zero attached hydrogens (tertiary/aromatic N) is 4. The van der Waals surface area contributed by atoms with E-state index in [1.807, 2.05) is 4.90 Å². The Labute approximate surface area is 405 Å². The Morgan fingerprint density at radius 2 is 1.62 bits per heavy atom. The summed E-state index contributed by atoms with van der Waals surface area (Å²) in [5.74, 6) is -2.09. The first-order valence-corrected chi connectivity index (χ1v) is 26.5. The maximum Gasteiger partial charge on any atom is 0.266 e. The molecule has 69 heavy (non-hydrogen) atoms. The van der Waals surface area contributed by atoms with Gasteiger partial charge in [0.1, 0.15) is 23.9 Å². The lowest BCUT2D eigenvalue weighted by Gasteiger charge is -2.43. The molecule has 0 spiro atoms. The molecule has 23 heteroatoms. The highest BCUT2D eigenvalue weighted by molar-refractivity contribution is 8.00. The van der Waals surface area contributed by atoms with Crippen molar-refractivity contribution in [1.29, 1.82) is 0 Å². The van der Waals surface area contributed by atoms with E-state index in [-0.39, 0.29) is 118 Å². The van der Waals surface area contributed by atoms with Crippen LogP contribution in [0.5, 0.6) is 5.75 Å². The average Bonchev–Trinajstić information content (AvgIpc) is 4.10. The fourth-order valence-corrected chi connectivity index (χ4v) is 11.8. The van der Waals surface area contributed by atoms with Gasteiger partial charge >= 0.3 is 0 Å². The predicted octanol–water partition coefficient (Wildman–Crippen LogP) is -0.298. The van der Waals surface area contributed by atoms with Crippen molar-refractivity contribution in [3.05, 3.63) is 64.7 Å². The van der Waals surface area contributed by atoms with Crippen LogP contribution in [0.4, 0.5) is 0 Å². The van der Waals surface area contributed by atoms with Crippen molar-refractivity contribution in [3.63, 3.8) is 0 Å². The largest absolute Gasteiger partial charge is 0.490 e. The number of fused-ring (bicyclic) bond motifs is 1. The van der Waals surface area contributed by atoms with E-state index in [2.05, 4.69) is 55.7 Å². The van der Waals surface area contributed by atoms with Crippen molar-refractivity contribution >= 4 is 63.1 Å². The Hall–Kier alpha value is -5.01. The number of thioether (sulfide) groups is 1. The molecule has 2 aromatic rings. The highest BCUT2D eigenvalue weighted by Crippen LogP contribution is 2.35. The van der Waals surface area contributed by atoms with Crippen molar-refractivity contribution in [3.8, 4) is 5.75 Å². The number of carbonyl (C=O) groups is 7. The molecule has 7 amide bonds. The average molecular weight is 996 g/mol. The molecule has 6 aliphatic rings. The van der Waals surface area contributed by atoms with Gasteiger partial charge in [-0.05, 0) is 61.4 Å². The van der Waals surface area contributed by atoms with Gasteiger partial charge in [0.15, 0.2) is 0 Å². The summed E-state index contributed by atoms with van der Waals surface area (Å²) in [5.41, 5.74) is 2.34. The third-order valence-electron chi connectivity index (χ3n) is 13.5. The van der Waals surface area contributed by atoms with E-state index in [9.17, 15) is 42.0 Å². The van der Waals surface area contributed by atoms with E-state index in [4.69, 9.17) is 14.2 Å². The van der Waals surface area contributed by atoms with E-state index in [0.717, 1.165) is 54.9 Å². The first kappa shape index (κ1) is 50.4. The summed E-state index contributed by atoms with van der Waals surface area (Å²) in [6.45, 7) is 5.04. The van der Waals surface area contributed by atoms with Gasteiger partial charge in [0, 0.05) is 57.5 Å². The Kier molecular flexibility index (Phi) is 16.7. The number of hydrogen-bond donors (Lipinski definition) is 5. The molecule has 5 saturated heterocycles. The molecule has 0 aliphatic carbocycles. The fourth-order valence-electron chi connectivity index (χ4n) is 9.74. The quantitative estimate of drug-likeness (QED) is 0.0895. The standard InChI is InChI=1S/C46H61N9O12S2/c1-69(63,64)54-14-11-32(27-54)42(59)48-26-39(57)51-46-49-34(28-68-46)31-5-2-4-29(24-31)30-10-13-47-37(25-30)52-15-17-53(18-16-52)40(58)12-19-65-20-21-66-22-23-67-36-7-3-6-33-41(36)45(62)55(44(33)61)35-8-9-38(56)50-43(35)60/h2-7,24,30,32,34-35,37,46-47,49H,8-23,25-28H2,1H3,(H,48,59)(H,51,57)(H,50,56,60). The summed E-state index contributed by atoms with van der Waals surface area (Å²) >= 11 is 1.60. The smallest absolute Gasteiger partial charge is 0.266 e. The highest BCUT2D eigenvalue weighted by atomic mass is 32.2. The van der Waals surface area contributed by atoms with E-state index in [1.54, 1.807) is 23.9 Å². The Morgan fingerprint density at radius 1 is 0.870 bits per heavy atom. The minimum absolute atomic E-state index is 0.0331. The Morgan fingerprint density at radius 3 is 2.39 bits per heavy atom. The van der Waals surface area contributed by atoms with Gasteiger partial charge in [0.2, 0.25) is 39.6 Å². The molecule has 8 rings (SSSR count). The number of piperazine rings is 1. The van der Waals surface area contributed by atoms with Gasteiger partial charge in [-0.15, -0.1) is 11.8 Å². The van der Waals surface area contributed by atoms with E-state index >= 15 is 0 Å². The lowest BCUT2D eigenvalue weighted by molar-refractivity contribution is -0.136. The summed E-state index contributed by atoms with van der Waals surface area (Å²) in [6.07, 6.45) is 4.07. The number of amides is 7. The number of imide groups is 2. The first-order valence-electron chi connectivity index (χ1n) is 23.6. The summed E-state index contributed by atoms with van der Waals surface area (Å²) in [7, 11) is -3.36. The minimum atomic E-state index is -3.36. The predicted molar refractivity (Wildman–Crippen MR) is 251 cm³/mol. The molecule has 0 saturated carbocycles. The summed E-state index contributed by atoms with van der Waals surface area (Å²) in [6, 6.07) is 12.3. The zero-order valence-electron chi connectivity index (χ0n) is 38.7. The highest BCUT2D eigenvalue weighted by Gasteiger charge is 2.46. The lowest BCUT2D eigenvalue weighted by atomic mass is 9.86. The Balaban J connectivity index is 0.684. The van der Waals surface area contributed by atoms with Crippen LogP contribution in [0.3, 0.4) is 0 Å². The lowest BCUT2D eigenvalue weighted by Crippen LogP contribution is -2.57. The van der Waals surface area contributed by atoms with Crippen LogP contribution in [0, 0.1) is 5.92 Å². The molecule has 5 N–H and O–H groups in total. The van der Waals surface area contributed by atoms with Gasteiger partial charge in [-0.25, -0.2) is 12.7 Å². The van der Waals surface area contributed by atoms with Gasteiger partial charge in [0.25, 0.3) is 11.8 Å². The molecule has 374 valence electrons. The molecular weight excluding hydrogens is 935 g/mol. The number of ether oxygens (including phenoxy) is 3. The molecule has 0 radical (unpaired) electrons. The molecule has 6 heterocycles. The zero-order valence-corrected chi connectivity index (χ0v) is 40.3. The monoisotopic (exact) mass is 995 g/mol. The van der Waals surface area contributed by atoms with Gasteiger partial charge in [0.05, 0.1) is 68.9 Å². The molecule has 2 aromatic carbocycles. The fraction of sp³-hybridized carbons (Fsp3) is 0.587. The molecular formula is C46H61N9O12S2. The van der Waals surface area contributed by atoms with E-state index in [1.165, 1.54) is 15.9 Å². The molecule has 21 nitrogen and oxygen atoms in total. The summed E-state index contributed by atoms with van der Waals surface area (Å²) in [5, 5.41) is 15.0. The number of piperidine rings is 2. The second-order valence-corrected chi connectivity index (χ2v) is 21.2. The van der Waals surface area contributed by atoms with Crippen LogP contribution in [0.25, 0.3) is 0 Å². The first-order chi connectivity index (χ1) is 33.2. The summed E-state index contributed by atoms with van der Waals surface area (Å²) in [4.78, 5) is 93.9. The number of rotatable bonds is 19. The maximum absolute atomic E-state index is 13.3. The van der Waals surface area contributed by atoms with Crippen molar-refractivity contribution in [2.24, 2.45) is 5.92 Å². The third-order valence-corrected chi connectivity index (χ3v) is 15.9. The van der Waals surface area contributed by atoms with Gasteiger partial charge < -0.3 is 35.1 Å². The van der Waals surface area contributed by atoms with Gasteiger partial charge in [-0.2, -0.15) is 0 Å². The second-order valence-electron chi connectivity index (χ2n) is 18.1. The molecule has 5 fully saturated rings. The zero-order chi connectivity index (χ0) is 48.7. The molecule has 0 bridgehead atoms. The molecule has 6 unspecified atom stereocenters. The van der Waals surface area contributed by atoms with E-state index in [0.29, 0.717) is 32.0 Å². The number of benzene rings is 2. The van der Waals surface area contributed by atoms with Crippen molar-refractivity contribution in [2.75, 3.05) is 97.4 Å². The number of carbonyl (C=O) groups excluding carboxylic acids is 7. The van der Waals surface area contributed by atoms with Crippen LogP contribution in [0.1, 0.15) is 82.3 Å².